The number of hydrazine groups is 1. The average molecular weight is 291 g/mol. The molecule has 1 aliphatic heterocycles. The minimum Gasteiger partial charge on any atom is -0.376 e. The molecule has 0 radical (unpaired) electrons. The van der Waals surface area contributed by atoms with Gasteiger partial charge in [0.1, 0.15) is 5.82 Å². The van der Waals surface area contributed by atoms with Crippen molar-refractivity contribution < 1.29 is 17.9 Å². The molecule has 1 aromatic rings. The molecule has 1 aliphatic rings. The molecule has 0 saturated carbocycles. The van der Waals surface area contributed by atoms with Gasteiger partial charge in [0.2, 0.25) is 5.95 Å². The normalized spacial score (nSPS) is 26.6. The maximum absolute atomic E-state index is 12.8. The Kier molecular flexibility index (Phi) is 3.74. The molecule has 0 bridgehead atoms. The van der Waals surface area contributed by atoms with Crippen LogP contribution in [0.15, 0.2) is 6.07 Å². The minimum atomic E-state index is -4.57. The van der Waals surface area contributed by atoms with Crippen molar-refractivity contribution in [1.82, 2.24) is 9.97 Å². The first-order valence-electron chi connectivity index (χ1n) is 6.07. The van der Waals surface area contributed by atoms with Gasteiger partial charge in [-0.25, -0.2) is 10.8 Å². The summed E-state index contributed by atoms with van der Waals surface area (Å²) in [4.78, 5) is 7.19. The Morgan fingerprint density at radius 1 is 1.45 bits per heavy atom. The highest BCUT2D eigenvalue weighted by Crippen LogP contribution is 2.32. The average Bonchev–Trinajstić information content (AvgIpc) is 2.67. The van der Waals surface area contributed by atoms with Crippen molar-refractivity contribution in [3.8, 4) is 0 Å². The molecule has 20 heavy (non-hydrogen) atoms. The number of alkyl halides is 3. The Labute approximate surface area is 113 Å². The van der Waals surface area contributed by atoms with Gasteiger partial charge in [-0.3, -0.25) is 5.43 Å². The van der Waals surface area contributed by atoms with E-state index in [1.54, 1.807) is 0 Å². The molecule has 2 atom stereocenters. The van der Waals surface area contributed by atoms with Gasteiger partial charge in [-0.15, -0.1) is 0 Å². The third-order valence-electron chi connectivity index (χ3n) is 3.45. The van der Waals surface area contributed by atoms with E-state index >= 15 is 0 Å². The van der Waals surface area contributed by atoms with Crippen molar-refractivity contribution in [2.75, 3.05) is 17.3 Å². The lowest BCUT2D eigenvalue weighted by molar-refractivity contribution is -0.141. The minimum absolute atomic E-state index is 0.0557. The SMILES string of the molecule is CC1OCCC1(C)Nc1cc(C(F)(F)F)nc(NN)n1. The van der Waals surface area contributed by atoms with Crippen LogP contribution in [0.25, 0.3) is 0 Å². The van der Waals surface area contributed by atoms with Crippen LogP contribution in [0, 0.1) is 0 Å². The van der Waals surface area contributed by atoms with E-state index in [0.717, 1.165) is 6.07 Å². The fourth-order valence-electron chi connectivity index (χ4n) is 2.01. The van der Waals surface area contributed by atoms with Crippen molar-refractivity contribution in [3.63, 3.8) is 0 Å². The van der Waals surface area contributed by atoms with E-state index in [-0.39, 0.29) is 17.9 Å². The van der Waals surface area contributed by atoms with Crippen LogP contribution in [0.1, 0.15) is 26.0 Å². The number of hydrogen-bond donors (Lipinski definition) is 3. The molecule has 2 unspecified atom stereocenters. The van der Waals surface area contributed by atoms with Gasteiger partial charge in [-0.1, -0.05) is 0 Å². The molecule has 1 aromatic heterocycles. The Balaban J connectivity index is 2.32. The van der Waals surface area contributed by atoms with Crippen LogP contribution in [-0.4, -0.2) is 28.2 Å². The van der Waals surface area contributed by atoms with Gasteiger partial charge in [0.15, 0.2) is 5.69 Å². The van der Waals surface area contributed by atoms with Crippen molar-refractivity contribution in [1.29, 1.82) is 0 Å². The maximum atomic E-state index is 12.8. The molecule has 2 rings (SSSR count). The summed E-state index contributed by atoms with van der Waals surface area (Å²) in [6.45, 7) is 4.27. The van der Waals surface area contributed by atoms with E-state index in [1.165, 1.54) is 0 Å². The Morgan fingerprint density at radius 3 is 2.65 bits per heavy atom. The van der Waals surface area contributed by atoms with Crippen LogP contribution in [0.5, 0.6) is 0 Å². The largest absolute Gasteiger partial charge is 0.433 e. The van der Waals surface area contributed by atoms with Crippen molar-refractivity contribution in [2.24, 2.45) is 5.84 Å². The number of anilines is 2. The molecule has 112 valence electrons. The van der Waals surface area contributed by atoms with Crippen LogP contribution in [-0.2, 0) is 10.9 Å². The van der Waals surface area contributed by atoms with Crippen LogP contribution in [0.3, 0.4) is 0 Å². The number of nitrogen functional groups attached to an aromatic ring is 1. The summed E-state index contributed by atoms with van der Waals surface area (Å²) in [7, 11) is 0. The third-order valence-corrected chi connectivity index (χ3v) is 3.45. The maximum Gasteiger partial charge on any atom is 0.433 e. The summed E-state index contributed by atoms with van der Waals surface area (Å²) in [6.07, 6.45) is -4.03. The van der Waals surface area contributed by atoms with Crippen LogP contribution in [0.2, 0.25) is 0 Å². The molecule has 0 aromatic carbocycles. The Hall–Kier alpha value is -1.61. The van der Waals surface area contributed by atoms with E-state index in [0.29, 0.717) is 13.0 Å². The van der Waals surface area contributed by atoms with Gasteiger partial charge in [0.25, 0.3) is 0 Å². The van der Waals surface area contributed by atoms with Crippen LogP contribution in [0.4, 0.5) is 24.9 Å². The number of nitrogens with two attached hydrogens (primary N) is 1. The fraction of sp³-hybridized carbons (Fsp3) is 0.636. The number of hydrogen-bond acceptors (Lipinski definition) is 6. The molecule has 0 spiro atoms. The lowest BCUT2D eigenvalue weighted by Gasteiger charge is -2.29. The smallest absolute Gasteiger partial charge is 0.376 e. The summed E-state index contributed by atoms with van der Waals surface area (Å²) in [6, 6.07) is 0.858. The van der Waals surface area contributed by atoms with E-state index in [9.17, 15) is 13.2 Å². The molecule has 2 heterocycles. The number of nitrogens with one attached hydrogen (secondary N) is 2. The summed E-state index contributed by atoms with van der Waals surface area (Å²) < 4.78 is 43.7. The molecule has 0 aliphatic carbocycles. The first kappa shape index (κ1) is 14.8. The molecule has 1 saturated heterocycles. The molecule has 6 nitrogen and oxygen atoms in total. The molecule has 1 fully saturated rings. The number of rotatable bonds is 3. The van der Waals surface area contributed by atoms with Crippen molar-refractivity contribution >= 4 is 11.8 Å². The Morgan fingerprint density at radius 2 is 2.15 bits per heavy atom. The highest BCUT2D eigenvalue weighted by atomic mass is 19.4. The monoisotopic (exact) mass is 291 g/mol. The number of halogens is 3. The van der Waals surface area contributed by atoms with Gasteiger partial charge in [0.05, 0.1) is 11.6 Å². The number of nitrogens with zero attached hydrogens (tertiary/aromatic N) is 2. The Bertz CT molecular complexity index is 495. The van der Waals surface area contributed by atoms with E-state index in [4.69, 9.17) is 10.6 Å². The first-order valence-corrected chi connectivity index (χ1v) is 6.07. The molecule has 0 amide bonds. The predicted octanol–water partition coefficient (Wildman–Crippen LogP) is 1.76. The first-order chi connectivity index (χ1) is 9.24. The second-order valence-electron chi connectivity index (χ2n) is 4.91. The summed E-state index contributed by atoms with van der Waals surface area (Å²) >= 11 is 0. The van der Waals surface area contributed by atoms with E-state index in [1.807, 2.05) is 19.3 Å². The van der Waals surface area contributed by atoms with Gasteiger partial charge in [-0.2, -0.15) is 18.2 Å². The number of aromatic nitrogens is 2. The second kappa shape index (κ2) is 5.06. The van der Waals surface area contributed by atoms with Crippen LogP contribution >= 0.6 is 0 Å². The highest BCUT2D eigenvalue weighted by molar-refractivity contribution is 5.45. The zero-order valence-electron chi connectivity index (χ0n) is 11.1. The topological polar surface area (TPSA) is 85.1 Å². The molecule has 4 N–H and O–H groups in total. The van der Waals surface area contributed by atoms with Gasteiger partial charge >= 0.3 is 6.18 Å². The van der Waals surface area contributed by atoms with Crippen LogP contribution < -0.4 is 16.6 Å². The predicted molar refractivity (Wildman–Crippen MR) is 66.9 cm³/mol. The standard InChI is InChI=1S/C11H16F3N5O/c1-6-10(2,3-4-20-6)18-8-5-7(11(12,13)14)16-9(17-8)19-15/h5-6H,3-4,15H2,1-2H3,(H2,16,17,18,19). The van der Waals surface area contributed by atoms with Gasteiger partial charge in [-0.05, 0) is 20.3 Å². The van der Waals surface area contributed by atoms with Crippen molar-refractivity contribution in [2.45, 2.75) is 38.1 Å². The molecular weight excluding hydrogens is 275 g/mol. The van der Waals surface area contributed by atoms with E-state index < -0.39 is 17.4 Å². The lowest BCUT2D eigenvalue weighted by Crippen LogP contribution is -2.41. The zero-order valence-corrected chi connectivity index (χ0v) is 11.1. The summed E-state index contributed by atoms with van der Waals surface area (Å²) in [5, 5.41) is 2.98. The quantitative estimate of drug-likeness (QED) is 0.581. The lowest BCUT2D eigenvalue weighted by atomic mass is 9.95. The van der Waals surface area contributed by atoms with Gasteiger partial charge < -0.3 is 10.1 Å². The highest BCUT2D eigenvalue weighted by Gasteiger charge is 2.38. The fourth-order valence-corrected chi connectivity index (χ4v) is 2.01. The van der Waals surface area contributed by atoms with Crippen molar-refractivity contribution in [3.05, 3.63) is 11.8 Å². The molecule has 9 heteroatoms. The molecular formula is C11H16F3N5O. The van der Waals surface area contributed by atoms with E-state index in [2.05, 4.69) is 15.3 Å². The summed E-state index contributed by atoms with van der Waals surface area (Å²) in [5.41, 5.74) is 0.495. The second-order valence-corrected chi connectivity index (χ2v) is 4.91. The zero-order chi connectivity index (χ0) is 15.0. The van der Waals surface area contributed by atoms with Gasteiger partial charge in [0, 0.05) is 12.7 Å². The third kappa shape index (κ3) is 2.93. The summed E-state index contributed by atoms with van der Waals surface area (Å²) in [5.74, 6) is 4.87. The number of ether oxygens (including phenoxy) is 1.